The molecule has 0 radical (unpaired) electrons. The van der Waals surface area contributed by atoms with Gasteiger partial charge in [-0.3, -0.25) is 14.8 Å². The molecule has 0 saturated heterocycles. The van der Waals surface area contributed by atoms with Crippen molar-refractivity contribution in [3.8, 4) is 0 Å². The molecule has 1 aliphatic rings. The number of nitrogens with one attached hydrogen (secondary N) is 2. The Labute approximate surface area is 165 Å². The summed E-state index contributed by atoms with van der Waals surface area (Å²) in [6.45, 7) is 1.77. The highest BCUT2D eigenvalue weighted by molar-refractivity contribution is 6.31. The van der Waals surface area contributed by atoms with Crippen molar-refractivity contribution < 1.29 is 9.21 Å². The number of nitrogens with zero attached hydrogens (tertiary/aromatic N) is 5. The maximum absolute atomic E-state index is 12.5. The number of aliphatic imine (C=N–C) groups is 2. The number of hydrogen-bond acceptors (Lipinski definition) is 7. The van der Waals surface area contributed by atoms with Crippen molar-refractivity contribution in [2.24, 2.45) is 23.0 Å². The summed E-state index contributed by atoms with van der Waals surface area (Å²) in [7, 11) is 3.33. The number of halogens is 1. The van der Waals surface area contributed by atoms with E-state index in [1.807, 2.05) is 24.3 Å². The third kappa shape index (κ3) is 3.24. The molecule has 1 amide bonds. The Kier molecular flexibility index (Phi) is 4.60. The third-order valence-electron chi connectivity index (χ3n) is 4.44. The Balaban J connectivity index is 1.72. The number of carbonyl (C=O) groups excluding carboxylic acids is 1. The molecule has 0 spiro atoms. The summed E-state index contributed by atoms with van der Waals surface area (Å²) in [4.78, 5) is 25.9. The van der Waals surface area contributed by atoms with Gasteiger partial charge in [0.1, 0.15) is 23.2 Å². The first kappa shape index (κ1) is 18.2. The highest BCUT2D eigenvalue weighted by Crippen LogP contribution is 2.34. The van der Waals surface area contributed by atoms with E-state index >= 15 is 0 Å². The van der Waals surface area contributed by atoms with E-state index in [0.717, 1.165) is 5.52 Å². The van der Waals surface area contributed by atoms with Crippen LogP contribution >= 0.6 is 11.6 Å². The molecule has 2 atom stereocenters. The van der Waals surface area contributed by atoms with Gasteiger partial charge in [-0.05, 0) is 19.1 Å². The fourth-order valence-electron chi connectivity index (χ4n) is 3.17. The van der Waals surface area contributed by atoms with Gasteiger partial charge in [0.25, 0.3) is 0 Å². The van der Waals surface area contributed by atoms with Gasteiger partial charge in [0.2, 0.25) is 11.9 Å². The molecule has 3 heterocycles. The van der Waals surface area contributed by atoms with Crippen LogP contribution in [0.15, 0.2) is 44.9 Å². The average molecular weight is 400 g/mol. The van der Waals surface area contributed by atoms with Crippen LogP contribution in [-0.4, -0.2) is 39.4 Å². The highest BCUT2D eigenvalue weighted by Gasteiger charge is 2.37. The summed E-state index contributed by atoms with van der Waals surface area (Å²) in [6.07, 6.45) is 1.67. The summed E-state index contributed by atoms with van der Waals surface area (Å²) in [5, 5.41) is 10.5. The molecule has 0 bridgehead atoms. The van der Waals surface area contributed by atoms with Crippen LogP contribution in [0.4, 0.5) is 6.01 Å². The van der Waals surface area contributed by atoms with E-state index in [1.165, 1.54) is 0 Å². The summed E-state index contributed by atoms with van der Waals surface area (Å²) in [6, 6.07) is 7.05. The molecule has 0 saturated carbocycles. The molecule has 0 aliphatic carbocycles. The Morgan fingerprint density at radius 2 is 2.11 bits per heavy atom. The van der Waals surface area contributed by atoms with Gasteiger partial charge >= 0.3 is 6.01 Å². The number of fused-ring (bicyclic) bond motifs is 1. The van der Waals surface area contributed by atoms with Crippen molar-refractivity contribution >= 4 is 46.3 Å². The molecule has 4 rings (SSSR count). The van der Waals surface area contributed by atoms with Crippen molar-refractivity contribution in [1.82, 2.24) is 20.1 Å². The second-order valence-electron chi connectivity index (χ2n) is 6.39. The van der Waals surface area contributed by atoms with E-state index in [1.54, 1.807) is 31.9 Å². The Hall–Kier alpha value is -3.20. The lowest BCUT2D eigenvalue weighted by Crippen LogP contribution is -2.39. The van der Waals surface area contributed by atoms with Crippen LogP contribution in [0.5, 0.6) is 0 Å². The largest absolute Gasteiger partial charge is 0.423 e. The zero-order valence-electron chi connectivity index (χ0n) is 15.5. The van der Waals surface area contributed by atoms with E-state index in [4.69, 9.17) is 16.0 Å². The molecule has 1 aromatic carbocycles. The van der Waals surface area contributed by atoms with Gasteiger partial charge in [0, 0.05) is 26.0 Å². The topological polar surface area (TPSA) is 110 Å². The van der Waals surface area contributed by atoms with Crippen LogP contribution in [-0.2, 0) is 11.8 Å². The number of anilines is 1. The van der Waals surface area contributed by atoms with Gasteiger partial charge in [-0.25, -0.2) is 9.98 Å². The predicted octanol–water partition coefficient (Wildman–Crippen LogP) is 2.56. The van der Waals surface area contributed by atoms with E-state index in [2.05, 4.69) is 30.7 Å². The minimum Gasteiger partial charge on any atom is -0.423 e. The Morgan fingerprint density at radius 1 is 1.32 bits per heavy atom. The van der Waals surface area contributed by atoms with Gasteiger partial charge < -0.3 is 9.73 Å². The number of amides is 1. The lowest BCUT2D eigenvalue weighted by atomic mass is 9.91. The predicted molar refractivity (Wildman–Crippen MR) is 107 cm³/mol. The highest BCUT2D eigenvalue weighted by atomic mass is 35.5. The van der Waals surface area contributed by atoms with E-state index in [-0.39, 0.29) is 17.9 Å². The first-order valence-corrected chi connectivity index (χ1v) is 9.00. The quantitative estimate of drug-likeness (QED) is 0.703. The van der Waals surface area contributed by atoms with Crippen molar-refractivity contribution in [3.63, 3.8) is 0 Å². The minimum atomic E-state index is -0.627. The van der Waals surface area contributed by atoms with Crippen molar-refractivity contribution in [2.45, 2.75) is 13.0 Å². The molecule has 1 aliphatic heterocycles. The van der Waals surface area contributed by atoms with Crippen molar-refractivity contribution in [1.29, 1.82) is 0 Å². The summed E-state index contributed by atoms with van der Waals surface area (Å²) in [5.74, 6) is -0.555. The lowest BCUT2D eigenvalue weighted by molar-refractivity contribution is -0.123. The number of benzene rings is 1. The van der Waals surface area contributed by atoms with Gasteiger partial charge in [0.15, 0.2) is 5.58 Å². The van der Waals surface area contributed by atoms with E-state index in [0.29, 0.717) is 22.0 Å². The number of aryl methyl sites for hydroxylation is 1. The zero-order valence-corrected chi connectivity index (χ0v) is 16.2. The number of hydrogen-bond donors (Lipinski definition) is 2. The first-order valence-electron chi connectivity index (χ1n) is 8.62. The number of para-hydroxylation sites is 2. The number of oxazole rings is 1. The maximum Gasteiger partial charge on any atom is 0.302 e. The monoisotopic (exact) mass is 399 g/mol. The fourth-order valence-corrected chi connectivity index (χ4v) is 3.46. The molecule has 28 heavy (non-hydrogen) atoms. The standard InChI is InChI=1S/C18H18ClN7O2/c1-9-13(16(27)20-2)15(14-10(19)8-26(3)25-14)23-17(21-9)24-18-22-11-6-4-5-7-12(11)28-18/h4-8,13,15H,1-3H3,(H,20,27)(H,22,23,24). The number of carbonyl (C=O) groups is 1. The van der Waals surface area contributed by atoms with Crippen LogP contribution in [0.1, 0.15) is 18.7 Å². The van der Waals surface area contributed by atoms with Crippen LogP contribution < -0.4 is 10.6 Å². The molecular formula is C18H18ClN7O2. The maximum atomic E-state index is 12.5. The number of guanidine groups is 1. The van der Waals surface area contributed by atoms with Gasteiger partial charge in [-0.2, -0.15) is 10.1 Å². The molecule has 0 fully saturated rings. The molecule has 2 N–H and O–H groups in total. The molecule has 2 unspecified atom stereocenters. The Morgan fingerprint density at radius 3 is 2.79 bits per heavy atom. The molecular weight excluding hydrogens is 382 g/mol. The zero-order chi connectivity index (χ0) is 19.8. The van der Waals surface area contributed by atoms with Crippen LogP contribution in [0, 0.1) is 5.92 Å². The minimum absolute atomic E-state index is 0.211. The van der Waals surface area contributed by atoms with E-state index < -0.39 is 12.0 Å². The smallest absolute Gasteiger partial charge is 0.302 e. The number of aromatic nitrogens is 3. The van der Waals surface area contributed by atoms with E-state index in [9.17, 15) is 4.79 Å². The van der Waals surface area contributed by atoms with Crippen LogP contribution in [0.25, 0.3) is 11.1 Å². The molecule has 3 aromatic rings. The Bertz CT molecular complexity index is 1080. The summed E-state index contributed by atoms with van der Waals surface area (Å²) < 4.78 is 7.26. The summed E-state index contributed by atoms with van der Waals surface area (Å²) >= 11 is 6.33. The lowest BCUT2D eigenvalue weighted by Gasteiger charge is -2.26. The van der Waals surface area contributed by atoms with Gasteiger partial charge in [0.05, 0.1) is 5.02 Å². The van der Waals surface area contributed by atoms with Gasteiger partial charge in [-0.15, -0.1) is 0 Å². The van der Waals surface area contributed by atoms with Gasteiger partial charge in [-0.1, -0.05) is 23.7 Å². The van der Waals surface area contributed by atoms with Crippen molar-refractivity contribution in [2.75, 3.05) is 12.4 Å². The number of rotatable bonds is 3. The second kappa shape index (κ2) is 7.08. The first-order chi connectivity index (χ1) is 13.5. The van der Waals surface area contributed by atoms with Crippen molar-refractivity contribution in [3.05, 3.63) is 41.2 Å². The molecule has 144 valence electrons. The average Bonchev–Trinajstić information content (AvgIpc) is 3.22. The normalized spacial score (nSPS) is 19.3. The fraction of sp³-hybridized carbons (Fsp3) is 0.278. The van der Waals surface area contributed by atoms with Crippen LogP contribution in [0.3, 0.4) is 0 Å². The SMILES string of the molecule is CNC(=O)C1C(C)=NC(Nc2nc3ccccc3o2)=NC1c1nn(C)cc1Cl. The van der Waals surface area contributed by atoms with Crippen LogP contribution in [0.2, 0.25) is 5.02 Å². The molecule has 10 heteroatoms. The summed E-state index contributed by atoms with van der Waals surface area (Å²) in [5.41, 5.74) is 2.45. The second-order valence-corrected chi connectivity index (χ2v) is 6.80. The molecule has 2 aromatic heterocycles. The third-order valence-corrected chi connectivity index (χ3v) is 4.73. The molecule has 9 nitrogen and oxygen atoms in total.